The molecule has 2 atom stereocenters. The van der Waals surface area contributed by atoms with Gasteiger partial charge in [-0.3, -0.25) is 24.3 Å². The summed E-state index contributed by atoms with van der Waals surface area (Å²) in [6.07, 6.45) is 4.63. The molecule has 0 bridgehead atoms. The summed E-state index contributed by atoms with van der Waals surface area (Å²) in [6, 6.07) is -1.17. The Morgan fingerprint density at radius 2 is 1.73 bits per heavy atom. The maximum absolute atomic E-state index is 12.3. The average Bonchev–Trinajstić information content (AvgIpc) is 3.20. The van der Waals surface area contributed by atoms with Gasteiger partial charge in [0.15, 0.2) is 12.2 Å². The minimum atomic E-state index is -0.792. The molecule has 0 aromatic carbocycles. The van der Waals surface area contributed by atoms with Crippen LogP contribution in [0.25, 0.3) is 0 Å². The highest BCUT2D eigenvalue weighted by Gasteiger charge is 2.42. The molecule has 3 N–H and O–H groups in total. The van der Waals surface area contributed by atoms with Gasteiger partial charge in [0.1, 0.15) is 0 Å². The lowest BCUT2D eigenvalue weighted by Gasteiger charge is -2.27. The molecule has 0 saturated heterocycles. The van der Waals surface area contributed by atoms with Crippen molar-refractivity contribution in [1.82, 2.24) is 25.9 Å². The number of rotatable bonds is 13. The number of hydrogen-bond acceptors (Lipinski definition) is 9. The highest BCUT2D eigenvalue weighted by Crippen LogP contribution is 2.25. The first-order valence-electron chi connectivity index (χ1n) is 11.0. The van der Waals surface area contributed by atoms with E-state index in [0.717, 1.165) is 17.3 Å². The third kappa shape index (κ3) is 7.59. The predicted molar refractivity (Wildman–Crippen MR) is 126 cm³/mol. The number of carbonyl (C=O) groups is 4. The Kier molecular flexibility index (Phi) is 9.78. The number of urea groups is 1. The first-order valence-corrected chi connectivity index (χ1v) is 13.5. The molecular formula is C19H30N8O4S2. The zero-order valence-corrected chi connectivity index (χ0v) is 20.2. The molecule has 1 aliphatic carbocycles. The Morgan fingerprint density at radius 1 is 1.06 bits per heavy atom. The van der Waals surface area contributed by atoms with E-state index in [4.69, 9.17) is 0 Å². The Morgan fingerprint density at radius 3 is 2.39 bits per heavy atom. The molecule has 0 radical (unpaired) electrons. The van der Waals surface area contributed by atoms with E-state index in [1.807, 2.05) is 0 Å². The van der Waals surface area contributed by atoms with Gasteiger partial charge in [0, 0.05) is 51.0 Å². The molecule has 3 aliphatic rings. The highest BCUT2D eigenvalue weighted by atomic mass is 33.1. The van der Waals surface area contributed by atoms with Crippen LogP contribution in [-0.2, 0) is 14.4 Å². The summed E-state index contributed by atoms with van der Waals surface area (Å²) >= 11 is 0. The van der Waals surface area contributed by atoms with E-state index in [1.54, 1.807) is 21.6 Å². The maximum atomic E-state index is 12.3. The van der Waals surface area contributed by atoms with E-state index >= 15 is 0 Å². The van der Waals surface area contributed by atoms with Gasteiger partial charge in [0.05, 0.1) is 6.34 Å². The van der Waals surface area contributed by atoms with Crippen LogP contribution in [0.2, 0.25) is 0 Å². The van der Waals surface area contributed by atoms with Crippen LogP contribution in [0.4, 0.5) is 4.79 Å². The normalized spacial score (nSPS) is 21.5. The van der Waals surface area contributed by atoms with Gasteiger partial charge < -0.3 is 16.0 Å². The van der Waals surface area contributed by atoms with Crippen LogP contribution >= 0.6 is 21.6 Å². The Hall–Kier alpha value is -2.35. The molecule has 3 rings (SSSR count). The van der Waals surface area contributed by atoms with Crippen molar-refractivity contribution >= 4 is 51.7 Å². The molecule has 2 unspecified atom stereocenters. The van der Waals surface area contributed by atoms with E-state index in [2.05, 4.69) is 31.3 Å². The Labute approximate surface area is 200 Å². The molecule has 5 amide bonds. The highest BCUT2D eigenvalue weighted by molar-refractivity contribution is 8.76. The van der Waals surface area contributed by atoms with Gasteiger partial charge in [-0.15, -0.1) is 5.11 Å². The Balaban J connectivity index is 1.16. The van der Waals surface area contributed by atoms with E-state index in [-0.39, 0.29) is 36.6 Å². The Bertz CT molecular complexity index is 792. The van der Waals surface area contributed by atoms with E-state index in [9.17, 15) is 19.2 Å². The average molecular weight is 499 g/mol. The van der Waals surface area contributed by atoms with Crippen molar-refractivity contribution in [2.45, 2.75) is 44.3 Å². The molecule has 1 fully saturated rings. The van der Waals surface area contributed by atoms with Crippen LogP contribution in [-0.4, -0.2) is 90.4 Å². The summed E-state index contributed by atoms with van der Waals surface area (Å²) in [6.45, 7) is 1.70. The van der Waals surface area contributed by atoms with Crippen molar-refractivity contribution in [3.05, 3.63) is 0 Å². The van der Waals surface area contributed by atoms with Crippen molar-refractivity contribution in [3.8, 4) is 0 Å². The van der Waals surface area contributed by atoms with Gasteiger partial charge in [-0.25, -0.2) is 4.79 Å². The fourth-order valence-electron chi connectivity index (χ4n) is 3.29. The number of amides is 5. The second-order valence-corrected chi connectivity index (χ2v) is 10.6. The fourth-order valence-corrected chi connectivity index (χ4v) is 5.10. The van der Waals surface area contributed by atoms with Gasteiger partial charge >= 0.3 is 6.03 Å². The second kappa shape index (κ2) is 12.8. The molecule has 12 nitrogen and oxygen atoms in total. The maximum Gasteiger partial charge on any atom is 0.348 e. The zero-order valence-electron chi connectivity index (χ0n) is 18.6. The van der Waals surface area contributed by atoms with Gasteiger partial charge in [-0.2, -0.15) is 5.01 Å². The molecule has 2 aliphatic heterocycles. The van der Waals surface area contributed by atoms with Crippen molar-refractivity contribution in [2.75, 3.05) is 38.2 Å². The molecule has 33 heavy (non-hydrogen) atoms. The standard InChI is InChI=1S/C19H30N8O4S2/c1-26-19(31)27-12-23-16(17(27)24-25-26)18(30)21-8-10-33-32-9-7-20-14(28)5-6-15(29)22-11-13-3-2-4-13/h12-13,16-17H,2-11H2,1H3,(H,20,28)(H,21,30)(H,22,29). The van der Waals surface area contributed by atoms with Crippen LogP contribution in [0.3, 0.4) is 0 Å². The summed E-state index contributed by atoms with van der Waals surface area (Å²) < 4.78 is 0. The number of carbonyl (C=O) groups excluding carboxylic acids is 4. The lowest BCUT2D eigenvalue weighted by molar-refractivity contribution is -0.126. The van der Waals surface area contributed by atoms with Crippen LogP contribution < -0.4 is 16.0 Å². The minimum Gasteiger partial charge on any atom is -0.356 e. The lowest BCUT2D eigenvalue weighted by Crippen LogP contribution is -2.50. The van der Waals surface area contributed by atoms with Crippen LogP contribution in [0, 0.1) is 5.92 Å². The summed E-state index contributed by atoms with van der Waals surface area (Å²) in [5.74, 6) is 1.53. The molecule has 14 heteroatoms. The monoisotopic (exact) mass is 498 g/mol. The molecule has 1 saturated carbocycles. The molecule has 182 valence electrons. The summed E-state index contributed by atoms with van der Waals surface area (Å²) in [4.78, 5) is 53.2. The van der Waals surface area contributed by atoms with Crippen LogP contribution in [0.5, 0.6) is 0 Å². The number of aliphatic imine (C=N–C) groups is 1. The van der Waals surface area contributed by atoms with E-state index in [0.29, 0.717) is 24.8 Å². The number of hydrogen-bond donors (Lipinski definition) is 3. The van der Waals surface area contributed by atoms with Crippen molar-refractivity contribution in [2.24, 2.45) is 21.2 Å². The minimum absolute atomic E-state index is 0.0643. The van der Waals surface area contributed by atoms with Crippen molar-refractivity contribution in [1.29, 1.82) is 0 Å². The quantitative estimate of drug-likeness (QED) is 0.252. The van der Waals surface area contributed by atoms with Gasteiger partial charge in [-0.05, 0) is 18.8 Å². The smallest absolute Gasteiger partial charge is 0.348 e. The number of nitrogens with zero attached hydrogens (tertiary/aromatic N) is 5. The van der Waals surface area contributed by atoms with Crippen molar-refractivity contribution in [3.63, 3.8) is 0 Å². The second-order valence-electron chi connectivity index (χ2n) is 7.93. The predicted octanol–water partition coefficient (Wildman–Crippen LogP) is 0.768. The SMILES string of the molecule is CN1N=NC2C(C(=O)NCCSSCCNC(=O)CCC(=O)NCC3CCC3)N=CN2C1=O. The third-order valence-electron chi connectivity index (χ3n) is 5.46. The number of fused-ring (bicyclic) bond motifs is 1. The fraction of sp³-hybridized carbons (Fsp3) is 0.737. The van der Waals surface area contributed by atoms with Gasteiger partial charge in [0.25, 0.3) is 0 Å². The van der Waals surface area contributed by atoms with Gasteiger partial charge in [-0.1, -0.05) is 33.2 Å². The number of nitrogens with one attached hydrogen (secondary N) is 3. The summed E-state index contributed by atoms with van der Waals surface area (Å²) in [5, 5.41) is 17.3. The lowest BCUT2D eigenvalue weighted by atomic mass is 9.85. The van der Waals surface area contributed by atoms with Crippen molar-refractivity contribution < 1.29 is 19.2 Å². The first kappa shape index (κ1) is 25.3. The first-order chi connectivity index (χ1) is 16.0. The third-order valence-corrected chi connectivity index (χ3v) is 7.87. The van der Waals surface area contributed by atoms with Crippen LogP contribution in [0.15, 0.2) is 15.3 Å². The molecule has 2 heterocycles. The van der Waals surface area contributed by atoms with Gasteiger partial charge in [0.2, 0.25) is 17.7 Å². The molecule has 0 aromatic heterocycles. The van der Waals surface area contributed by atoms with Crippen LogP contribution in [0.1, 0.15) is 32.1 Å². The summed E-state index contributed by atoms with van der Waals surface area (Å²) in [7, 11) is 4.66. The molecule has 0 aromatic rings. The molecule has 0 spiro atoms. The largest absolute Gasteiger partial charge is 0.356 e. The molecular weight excluding hydrogens is 468 g/mol. The topological polar surface area (TPSA) is 148 Å². The summed E-state index contributed by atoms with van der Waals surface area (Å²) in [5.41, 5.74) is 0. The zero-order chi connectivity index (χ0) is 23.6. The van der Waals surface area contributed by atoms with E-state index < -0.39 is 12.2 Å². The van der Waals surface area contributed by atoms with E-state index in [1.165, 1.54) is 37.5 Å².